The number of piperidine rings is 1. The molecule has 2 aromatic heterocycles. The van der Waals surface area contributed by atoms with E-state index in [9.17, 15) is 4.79 Å². The van der Waals surface area contributed by atoms with E-state index in [4.69, 9.17) is 24.3 Å². The summed E-state index contributed by atoms with van der Waals surface area (Å²) >= 11 is 0. The predicted molar refractivity (Wildman–Crippen MR) is 168 cm³/mol. The molecular formula is C34H40N6O4. The number of hydrogen-bond donors (Lipinski definition) is 1. The summed E-state index contributed by atoms with van der Waals surface area (Å²) in [4.78, 5) is 24.1. The molecule has 2 aromatic carbocycles. The molecule has 3 aliphatic rings. The quantitative estimate of drug-likeness (QED) is 0.251. The number of benzene rings is 2. The molecule has 1 aliphatic carbocycles. The number of anilines is 2. The van der Waals surface area contributed by atoms with Gasteiger partial charge < -0.3 is 24.4 Å². The Morgan fingerprint density at radius 1 is 1.05 bits per heavy atom. The minimum Gasteiger partial charge on any atom is -0.471 e. The minimum atomic E-state index is -0.548. The molecule has 1 amide bonds. The molecule has 1 saturated carbocycles. The molecule has 1 N–H and O–H groups in total. The van der Waals surface area contributed by atoms with Crippen LogP contribution in [0, 0.1) is 5.41 Å². The average molecular weight is 597 g/mol. The van der Waals surface area contributed by atoms with Crippen molar-refractivity contribution in [2.24, 2.45) is 5.41 Å². The van der Waals surface area contributed by atoms with Crippen LogP contribution in [-0.4, -0.2) is 62.1 Å². The fraction of sp³-hybridized carbons (Fsp3) is 0.471. The number of nitrogens with zero attached hydrogens (tertiary/aromatic N) is 5. The number of para-hydroxylation sites is 1. The molecule has 3 fully saturated rings. The lowest BCUT2D eigenvalue weighted by Crippen LogP contribution is -2.51. The van der Waals surface area contributed by atoms with Crippen LogP contribution in [0.2, 0.25) is 0 Å². The van der Waals surface area contributed by atoms with Gasteiger partial charge in [0, 0.05) is 35.3 Å². The van der Waals surface area contributed by atoms with Crippen molar-refractivity contribution >= 4 is 28.4 Å². The first-order valence-electron chi connectivity index (χ1n) is 15.7. The summed E-state index contributed by atoms with van der Waals surface area (Å²) < 4.78 is 20.3. The van der Waals surface area contributed by atoms with Gasteiger partial charge in [-0.1, -0.05) is 18.2 Å². The summed E-state index contributed by atoms with van der Waals surface area (Å²) in [6.45, 7) is 7.52. The van der Waals surface area contributed by atoms with Crippen molar-refractivity contribution in [1.29, 1.82) is 0 Å². The third-order valence-electron chi connectivity index (χ3n) is 8.81. The number of likely N-dealkylation sites (tertiary alicyclic amines) is 1. The fourth-order valence-electron chi connectivity index (χ4n) is 6.29. The maximum atomic E-state index is 12.9. The number of carbonyl (C=O) groups excluding carboxylic acids is 1. The molecule has 1 spiro atoms. The lowest BCUT2D eigenvalue weighted by Gasteiger charge is -2.39. The van der Waals surface area contributed by atoms with E-state index < -0.39 is 5.60 Å². The minimum absolute atomic E-state index is 0.0702. The summed E-state index contributed by atoms with van der Waals surface area (Å²) in [6.07, 6.45) is 8.90. The summed E-state index contributed by atoms with van der Waals surface area (Å²) in [5.74, 6) is 0.431. The first kappa shape index (κ1) is 28.6. The van der Waals surface area contributed by atoms with E-state index in [1.807, 2.05) is 55.8 Å². The number of fused-ring (bicyclic) bond motifs is 1. The van der Waals surface area contributed by atoms with Crippen LogP contribution in [-0.2, 0) is 9.47 Å². The topological polar surface area (TPSA) is 104 Å². The second-order valence-corrected chi connectivity index (χ2v) is 13.2. The average Bonchev–Trinajstić information content (AvgIpc) is 3.69. The van der Waals surface area contributed by atoms with Crippen LogP contribution in [0.1, 0.15) is 65.5 Å². The number of rotatable bonds is 6. The molecule has 7 rings (SSSR count). The van der Waals surface area contributed by atoms with Crippen LogP contribution in [0.15, 0.2) is 60.9 Å². The van der Waals surface area contributed by atoms with Gasteiger partial charge in [0.1, 0.15) is 23.1 Å². The van der Waals surface area contributed by atoms with Crippen LogP contribution >= 0.6 is 0 Å². The molecule has 10 nitrogen and oxygen atoms in total. The molecule has 2 saturated heterocycles. The van der Waals surface area contributed by atoms with Crippen LogP contribution in [0.3, 0.4) is 0 Å². The van der Waals surface area contributed by atoms with Crippen LogP contribution in [0.4, 0.5) is 16.2 Å². The molecule has 44 heavy (non-hydrogen) atoms. The van der Waals surface area contributed by atoms with E-state index in [1.54, 1.807) is 17.3 Å². The SMILES string of the molecule is CC(C)(C)OC(=O)N1CCC2(CC2)[C@@H](Oc2cncc(-c3nn(C4CCCCO4)c4ccc(Nc5ccccc5)cc34)n2)C1. The number of amides is 1. The van der Waals surface area contributed by atoms with Gasteiger partial charge in [0.05, 0.1) is 24.5 Å². The Labute approximate surface area is 257 Å². The van der Waals surface area contributed by atoms with Gasteiger partial charge in [-0.2, -0.15) is 5.10 Å². The maximum Gasteiger partial charge on any atom is 0.410 e. The smallest absolute Gasteiger partial charge is 0.410 e. The van der Waals surface area contributed by atoms with Crippen molar-refractivity contribution in [3.05, 3.63) is 60.9 Å². The number of nitrogens with one attached hydrogen (secondary N) is 1. The van der Waals surface area contributed by atoms with Gasteiger partial charge in [-0.15, -0.1) is 0 Å². The lowest BCUT2D eigenvalue weighted by atomic mass is 9.90. The maximum absolute atomic E-state index is 12.9. The molecule has 230 valence electrons. The highest BCUT2D eigenvalue weighted by atomic mass is 16.6. The zero-order chi connectivity index (χ0) is 30.3. The van der Waals surface area contributed by atoms with E-state index in [0.717, 1.165) is 73.1 Å². The van der Waals surface area contributed by atoms with Crippen molar-refractivity contribution in [3.63, 3.8) is 0 Å². The molecule has 4 aromatic rings. The van der Waals surface area contributed by atoms with Crippen LogP contribution < -0.4 is 10.1 Å². The largest absolute Gasteiger partial charge is 0.471 e. The molecule has 0 radical (unpaired) electrons. The van der Waals surface area contributed by atoms with Crippen molar-refractivity contribution in [1.82, 2.24) is 24.6 Å². The van der Waals surface area contributed by atoms with Gasteiger partial charge in [0.2, 0.25) is 5.88 Å². The molecule has 1 unspecified atom stereocenters. The molecular weight excluding hydrogens is 556 g/mol. The molecule has 2 aliphatic heterocycles. The zero-order valence-electron chi connectivity index (χ0n) is 25.7. The fourth-order valence-corrected chi connectivity index (χ4v) is 6.29. The Balaban J connectivity index is 1.19. The summed E-state index contributed by atoms with van der Waals surface area (Å²) in [5.41, 5.74) is 3.82. The predicted octanol–water partition coefficient (Wildman–Crippen LogP) is 7.10. The summed E-state index contributed by atoms with van der Waals surface area (Å²) in [6, 6.07) is 16.4. The Bertz CT molecular complexity index is 1640. The normalized spacial score (nSPS) is 21.3. The number of carbonyl (C=O) groups is 1. The number of hydrogen-bond acceptors (Lipinski definition) is 8. The molecule has 4 heterocycles. The van der Waals surface area contributed by atoms with Gasteiger partial charge in [-0.3, -0.25) is 4.98 Å². The Morgan fingerprint density at radius 2 is 1.89 bits per heavy atom. The molecule has 2 atom stereocenters. The van der Waals surface area contributed by atoms with Gasteiger partial charge in [-0.05, 0) is 89.6 Å². The third kappa shape index (κ3) is 5.95. The van der Waals surface area contributed by atoms with Gasteiger partial charge >= 0.3 is 6.09 Å². The summed E-state index contributed by atoms with van der Waals surface area (Å²) in [7, 11) is 0. The Morgan fingerprint density at radius 3 is 2.64 bits per heavy atom. The van der Waals surface area contributed by atoms with E-state index in [0.29, 0.717) is 24.7 Å². The second-order valence-electron chi connectivity index (χ2n) is 13.2. The molecule has 0 bridgehead atoms. The van der Waals surface area contributed by atoms with Crippen LogP contribution in [0.25, 0.3) is 22.3 Å². The number of aromatic nitrogens is 4. The zero-order valence-corrected chi connectivity index (χ0v) is 25.7. The van der Waals surface area contributed by atoms with Gasteiger partial charge in [-0.25, -0.2) is 14.5 Å². The Hall–Kier alpha value is -4.18. The summed E-state index contributed by atoms with van der Waals surface area (Å²) in [5, 5.41) is 9.52. The van der Waals surface area contributed by atoms with Crippen molar-refractivity contribution in [2.45, 2.75) is 77.2 Å². The highest BCUT2D eigenvalue weighted by molar-refractivity contribution is 5.95. The van der Waals surface area contributed by atoms with Crippen molar-refractivity contribution in [2.75, 3.05) is 25.0 Å². The second kappa shape index (κ2) is 11.4. The van der Waals surface area contributed by atoms with E-state index in [1.165, 1.54) is 0 Å². The van der Waals surface area contributed by atoms with Gasteiger partial charge in [0.25, 0.3) is 0 Å². The standard InChI is InChI=1S/C34H40N6O4/c1-33(2,3)44-32(41)39-17-16-34(14-15-34)28(22-39)43-29-21-35-20-26(37-29)31-25-19-24(36-23-9-5-4-6-10-23)12-13-27(25)40(38-31)30-11-7-8-18-42-30/h4-6,9-10,12-13,19-21,28,30,36H,7-8,11,14-18,22H2,1-3H3/t28-,30?/m0/s1. The van der Waals surface area contributed by atoms with E-state index >= 15 is 0 Å². The lowest BCUT2D eigenvalue weighted by molar-refractivity contribution is -0.0365. The monoisotopic (exact) mass is 596 g/mol. The van der Waals surface area contributed by atoms with Gasteiger partial charge in [0.15, 0.2) is 6.23 Å². The van der Waals surface area contributed by atoms with Crippen molar-refractivity contribution in [3.8, 4) is 17.3 Å². The highest BCUT2D eigenvalue weighted by Gasteiger charge is 2.54. The van der Waals surface area contributed by atoms with E-state index in [-0.39, 0.29) is 23.8 Å². The first-order valence-corrected chi connectivity index (χ1v) is 15.7. The molecule has 10 heteroatoms. The van der Waals surface area contributed by atoms with Crippen LogP contribution in [0.5, 0.6) is 5.88 Å². The first-order chi connectivity index (χ1) is 21.3. The van der Waals surface area contributed by atoms with E-state index in [2.05, 4.69) is 28.5 Å². The Kier molecular flexibility index (Phi) is 7.40. The highest BCUT2D eigenvalue weighted by Crippen LogP contribution is 2.55. The third-order valence-corrected chi connectivity index (χ3v) is 8.81. The number of ether oxygens (including phenoxy) is 3. The van der Waals surface area contributed by atoms with Crippen molar-refractivity contribution < 1.29 is 19.0 Å².